The zero-order valence-electron chi connectivity index (χ0n) is 17.6. The number of fused-ring (bicyclic) bond motifs is 1. The van der Waals surface area contributed by atoms with Gasteiger partial charge in [0.2, 0.25) is 5.88 Å². The maximum absolute atomic E-state index is 13.0. The predicted molar refractivity (Wildman–Crippen MR) is 119 cm³/mol. The number of nitrogens with zero attached hydrogens (tertiary/aromatic N) is 3. The Morgan fingerprint density at radius 1 is 1.19 bits per heavy atom. The first kappa shape index (κ1) is 22.9. The molecule has 31 heavy (non-hydrogen) atoms. The van der Waals surface area contributed by atoms with E-state index in [0.29, 0.717) is 16.2 Å². The standard InChI is InChI=1S/C22H24ClN3O5/c1-13-5-4-6-16(23)19(13)26-15(3)7-17(29)18-20(26)14(2)8-24-21(18)31-12-22(10-27,11-28)9-25-30/h4-8,27-28H,9-12H2,1-3H3. The second kappa shape index (κ2) is 9.13. The number of para-hydroxylation sites is 1. The molecule has 3 aromatic rings. The largest absolute Gasteiger partial charge is 0.476 e. The second-order valence-electron chi connectivity index (χ2n) is 7.75. The van der Waals surface area contributed by atoms with Crippen LogP contribution < -0.4 is 10.2 Å². The van der Waals surface area contributed by atoms with E-state index in [1.807, 2.05) is 37.5 Å². The Morgan fingerprint density at radius 2 is 1.90 bits per heavy atom. The monoisotopic (exact) mass is 445 g/mol. The Balaban J connectivity index is 2.25. The van der Waals surface area contributed by atoms with Crippen molar-refractivity contribution in [2.75, 3.05) is 26.4 Å². The molecule has 0 aliphatic heterocycles. The van der Waals surface area contributed by atoms with Gasteiger partial charge < -0.3 is 19.5 Å². The first-order chi connectivity index (χ1) is 14.8. The van der Waals surface area contributed by atoms with Gasteiger partial charge in [-0.3, -0.25) is 4.79 Å². The summed E-state index contributed by atoms with van der Waals surface area (Å²) in [6.07, 6.45) is 1.58. The number of pyridine rings is 2. The van der Waals surface area contributed by atoms with Crippen molar-refractivity contribution in [3.8, 4) is 11.6 Å². The maximum Gasteiger partial charge on any atom is 0.226 e. The van der Waals surface area contributed by atoms with Crippen LogP contribution in [0.5, 0.6) is 5.88 Å². The molecule has 8 nitrogen and oxygen atoms in total. The smallest absolute Gasteiger partial charge is 0.226 e. The molecule has 0 radical (unpaired) electrons. The maximum atomic E-state index is 13.0. The first-order valence-electron chi connectivity index (χ1n) is 9.69. The number of hydrogen-bond donors (Lipinski definition) is 2. The third-order valence-electron chi connectivity index (χ3n) is 5.36. The summed E-state index contributed by atoms with van der Waals surface area (Å²) in [6, 6.07) is 7.05. The van der Waals surface area contributed by atoms with Gasteiger partial charge in [0, 0.05) is 18.0 Å². The average molecular weight is 446 g/mol. The van der Waals surface area contributed by atoms with E-state index < -0.39 is 18.6 Å². The molecule has 0 atom stereocenters. The molecule has 0 unspecified atom stereocenters. The van der Waals surface area contributed by atoms with E-state index in [1.54, 1.807) is 12.3 Å². The molecule has 0 saturated heterocycles. The summed E-state index contributed by atoms with van der Waals surface area (Å²) < 4.78 is 7.67. The molecular formula is C22H24ClN3O5. The van der Waals surface area contributed by atoms with E-state index in [1.165, 1.54) is 6.07 Å². The Kier molecular flexibility index (Phi) is 6.74. The van der Waals surface area contributed by atoms with Gasteiger partial charge in [-0.1, -0.05) is 28.9 Å². The number of aliphatic hydroxyl groups is 2. The Bertz CT molecular complexity index is 1170. The summed E-state index contributed by atoms with van der Waals surface area (Å²) in [7, 11) is 0. The predicted octanol–water partition coefficient (Wildman–Crippen LogP) is 3.08. The van der Waals surface area contributed by atoms with Gasteiger partial charge in [0.15, 0.2) is 5.43 Å². The normalized spacial score (nSPS) is 11.7. The number of aliphatic hydroxyl groups excluding tert-OH is 2. The Labute approximate surface area is 184 Å². The number of halogens is 1. The van der Waals surface area contributed by atoms with Crippen LogP contribution in [0.4, 0.5) is 0 Å². The minimum atomic E-state index is -1.27. The number of aryl methyl sites for hydroxylation is 3. The average Bonchev–Trinajstić information content (AvgIpc) is 2.74. The fourth-order valence-corrected chi connectivity index (χ4v) is 3.85. The lowest BCUT2D eigenvalue weighted by molar-refractivity contribution is 0.0204. The highest BCUT2D eigenvalue weighted by atomic mass is 35.5. The highest BCUT2D eigenvalue weighted by Gasteiger charge is 2.31. The van der Waals surface area contributed by atoms with Crippen LogP contribution in [0.15, 0.2) is 40.4 Å². The summed E-state index contributed by atoms with van der Waals surface area (Å²) in [5.74, 6) is 0.0428. The number of aromatic nitrogens is 2. The van der Waals surface area contributed by atoms with Gasteiger partial charge in [0.25, 0.3) is 0 Å². The zero-order valence-corrected chi connectivity index (χ0v) is 18.3. The van der Waals surface area contributed by atoms with Gasteiger partial charge in [-0.15, -0.1) is 0 Å². The van der Waals surface area contributed by atoms with Crippen molar-refractivity contribution in [1.29, 1.82) is 0 Å². The fourth-order valence-electron chi connectivity index (χ4n) is 3.54. The van der Waals surface area contributed by atoms with E-state index in [9.17, 15) is 19.9 Å². The van der Waals surface area contributed by atoms with Gasteiger partial charge >= 0.3 is 0 Å². The molecule has 0 bridgehead atoms. The number of benzene rings is 1. The molecule has 2 heterocycles. The molecule has 0 fully saturated rings. The van der Waals surface area contributed by atoms with E-state index in [2.05, 4.69) is 10.2 Å². The van der Waals surface area contributed by atoms with Gasteiger partial charge in [-0.25, -0.2) is 4.98 Å². The third kappa shape index (κ3) is 4.19. The lowest BCUT2D eigenvalue weighted by Crippen LogP contribution is -2.39. The van der Waals surface area contributed by atoms with Gasteiger partial charge in [-0.2, -0.15) is 4.91 Å². The molecule has 2 N–H and O–H groups in total. The molecule has 1 aromatic carbocycles. The van der Waals surface area contributed by atoms with E-state index in [4.69, 9.17) is 16.3 Å². The molecular weight excluding hydrogens is 422 g/mol. The molecule has 0 aliphatic rings. The number of ether oxygens (including phenoxy) is 1. The molecule has 9 heteroatoms. The van der Waals surface area contributed by atoms with Crippen molar-refractivity contribution in [1.82, 2.24) is 9.55 Å². The SMILES string of the molecule is Cc1cccc(Cl)c1-n1c(C)cc(=O)c2c(OCC(CO)(CO)CN=O)ncc(C)c21. The molecule has 3 rings (SSSR count). The summed E-state index contributed by atoms with van der Waals surface area (Å²) in [4.78, 5) is 28.0. The van der Waals surface area contributed by atoms with Crippen LogP contribution in [-0.2, 0) is 0 Å². The lowest BCUT2D eigenvalue weighted by atomic mass is 9.91. The Hall–Kier alpha value is -2.81. The van der Waals surface area contributed by atoms with E-state index in [-0.39, 0.29) is 29.8 Å². The third-order valence-corrected chi connectivity index (χ3v) is 5.67. The number of rotatable bonds is 8. The molecule has 2 aromatic heterocycles. The van der Waals surface area contributed by atoms with Crippen LogP contribution in [0.3, 0.4) is 0 Å². The van der Waals surface area contributed by atoms with Crippen LogP contribution >= 0.6 is 11.6 Å². The fraction of sp³-hybridized carbons (Fsp3) is 0.364. The van der Waals surface area contributed by atoms with E-state index in [0.717, 1.165) is 16.8 Å². The van der Waals surface area contributed by atoms with Crippen molar-refractivity contribution in [3.05, 3.63) is 67.4 Å². The van der Waals surface area contributed by atoms with Gasteiger partial charge in [-0.05, 0) is 38.0 Å². The first-order valence-corrected chi connectivity index (χ1v) is 10.1. The quantitative estimate of drug-likeness (QED) is 0.515. The molecule has 0 spiro atoms. The lowest BCUT2D eigenvalue weighted by Gasteiger charge is -2.26. The van der Waals surface area contributed by atoms with Crippen LogP contribution in [0, 0.1) is 31.1 Å². The Morgan fingerprint density at radius 3 is 2.52 bits per heavy atom. The van der Waals surface area contributed by atoms with Crippen molar-refractivity contribution < 1.29 is 14.9 Å². The number of hydrogen-bond acceptors (Lipinski definition) is 7. The topological polar surface area (TPSA) is 114 Å². The van der Waals surface area contributed by atoms with Crippen LogP contribution in [0.1, 0.15) is 16.8 Å². The van der Waals surface area contributed by atoms with E-state index >= 15 is 0 Å². The van der Waals surface area contributed by atoms with Gasteiger partial charge in [0.1, 0.15) is 12.0 Å². The highest BCUT2D eigenvalue weighted by molar-refractivity contribution is 6.32. The summed E-state index contributed by atoms with van der Waals surface area (Å²) in [5, 5.41) is 22.9. The molecule has 164 valence electrons. The number of nitroso groups, excluding NO2 is 1. The van der Waals surface area contributed by atoms with Crippen molar-refractivity contribution in [2.45, 2.75) is 20.8 Å². The van der Waals surface area contributed by atoms with Crippen molar-refractivity contribution >= 4 is 22.5 Å². The zero-order chi connectivity index (χ0) is 22.8. The summed E-state index contributed by atoms with van der Waals surface area (Å²) >= 11 is 6.52. The van der Waals surface area contributed by atoms with Gasteiger partial charge in [0.05, 0.1) is 41.4 Å². The van der Waals surface area contributed by atoms with Crippen LogP contribution in [0.2, 0.25) is 5.02 Å². The summed E-state index contributed by atoms with van der Waals surface area (Å²) in [5.41, 5.74) is 2.15. The molecule has 0 aliphatic carbocycles. The molecule has 0 amide bonds. The van der Waals surface area contributed by atoms with Crippen LogP contribution in [-0.4, -0.2) is 46.1 Å². The van der Waals surface area contributed by atoms with Crippen molar-refractivity contribution in [2.24, 2.45) is 10.6 Å². The summed E-state index contributed by atoms with van der Waals surface area (Å²) in [6.45, 7) is 3.98. The van der Waals surface area contributed by atoms with Crippen LogP contribution in [0.25, 0.3) is 16.6 Å². The minimum absolute atomic E-state index is 0.0428. The minimum Gasteiger partial charge on any atom is -0.476 e. The molecule has 0 saturated carbocycles. The second-order valence-corrected chi connectivity index (χ2v) is 8.16. The highest BCUT2D eigenvalue weighted by Crippen LogP contribution is 2.32. The van der Waals surface area contributed by atoms with Crippen molar-refractivity contribution in [3.63, 3.8) is 0 Å².